The third kappa shape index (κ3) is 61.3. The highest BCUT2D eigenvalue weighted by Crippen LogP contribution is 2.17. The highest BCUT2D eigenvalue weighted by atomic mass is 16.3. The van der Waals surface area contributed by atoms with Crippen molar-refractivity contribution >= 4 is 5.91 Å². The van der Waals surface area contributed by atoms with Crippen molar-refractivity contribution in [3.8, 4) is 0 Å². The summed E-state index contributed by atoms with van der Waals surface area (Å²) in [5.74, 6) is -0.0525. The molecule has 0 spiro atoms. The molecule has 0 heterocycles. The molecule has 0 aromatic rings. The van der Waals surface area contributed by atoms with Gasteiger partial charge in [-0.15, -0.1) is 0 Å². The number of rotatable bonds is 57. The predicted octanol–water partition coefficient (Wildman–Crippen LogP) is 21.8. The first-order chi connectivity index (χ1) is 37.2. The molecule has 0 aromatic carbocycles. The number of nitrogens with one attached hydrogen (secondary N) is 1. The van der Waals surface area contributed by atoms with Crippen molar-refractivity contribution in [3.05, 3.63) is 134 Å². The maximum absolute atomic E-state index is 12.5. The van der Waals surface area contributed by atoms with E-state index < -0.39 is 12.1 Å². The Hall–Kier alpha value is -3.47. The number of unbranched alkanes of at least 4 members (excludes halogenated alkanes) is 28. The quantitative estimate of drug-likeness (QED) is 0.0420. The van der Waals surface area contributed by atoms with Gasteiger partial charge in [-0.2, -0.15) is 0 Å². The van der Waals surface area contributed by atoms with Crippen LogP contribution in [0.1, 0.15) is 290 Å². The Bertz CT molecular complexity index is 1500. The molecule has 0 aliphatic rings. The van der Waals surface area contributed by atoms with Gasteiger partial charge in [0.05, 0.1) is 18.8 Å². The molecule has 3 N–H and O–H groups in total. The summed E-state index contributed by atoms with van der Waals surface area (Å²) < 4.78 is 0. The lowest BCUT2D eigenvalue weighted by Crippen LogP contribution is -2.45. The molecule has 75 heavy (non-hydrogen) atoms. The maximum Gasteiger partial charge on any atom is 0.220 e. The Kier molecular flexibility index (Phi) is 61.8. The predicted molar refractivity (Wildman–Crippen MR) is 335 cm³/mol. The first kappa shape index (κ1) is 71.5. The van der Waals surface area contributed by atoms with Crippen LogP contribution in [0, 0.1) is 0 Å². The van der Waals surface area contributed by atoms with E-state index in [1.54, 1.807) is 0 Å². The summed E-state index contributed by atoms with van der Waals surface area (Å²) in [6.45, 7) is 4.25. The topological polar surface area (TPSA) is 69.6 Å². The molecule has 428 valence electrons. The fourth-order valence-corrected chi connectivity index (χ4v) is 9.13. The second kappa shape index (κ2) is 64.8. The zero-order chi connectivity index (χ0) is 54.1. The summed E-state index contributed by atoms with van der Waals surface area (Å²) in [4.78, 5) is 12.5. The van der Waals surface area contributed by atoms with Crippen LogP contribution in [0.4, 0.5) is 0 Å². The first-order valence-electron chi connectivity index (χ1n) is 31.9. The lowest BCUT2D eigenvalue weighted by atomic mass is 10.0. The molecule has 0 bridgehead atoms. The number of allylic oxidation sites excluding steroid dienone is 22. The van der Waals surface area contributed by atoms with Crippen molar-refractivity contribution in [2.75, 3.05) is 6.61 Å². The van der Waals surface area contributed by atoms with E-state index >= 15 is 0 Å². The van der Waals surface area contributed by atoms with Gasteiger partial charge in [0, 0.05) is 6.42 Å². The monoisotopic (exact) mass is 1040 g/mol. The number of hydrogen-bond acceptors (Lipinski definition) is 3. The molecule has 0 rings (SSSR count). The lowest BCUT2D eigenvalue weighted by Gasteiger charge is -2.22. The molecule has 2 unspecified atom stereocenters. The molecule has 0 aliphatic heterocycles. The van der Waals surface area contributed by atoms with Gasteiger partial charge in [-0.3, -0.25) is 4.79 Å². The zero-order valence-corrected chi connectivity index (χ0v) is 49.3. The van der Waals surface area contributed by atoms with E-state index in [0.717, 1.165) is 109 Å². The van der Waals surface area contributed by atoms with Crippen LogP contribution in [-0.4, -0.2) is 34.9 Å². The Balaban J connectivity index is 3.61. The van der Waals surface area contributed by atoms with Crippen LogP contribution in [0.2, 0.25) is 0 Å². The number of amides is 1. The normalized spacial score (nSPS) is 13.7. The van der Waals surface area contributed by atoms with Crippen molar-refractivity contribution in [2.45, 2.75) is 302 Å². The molecular formula is C71H121NO3. The molecule has 1 amide bonds. The van der Waals surface area contributed by atoms with Gasteiger partial charge in [0.15, 0.2) is 0 Å². The van der Waals surface area contributed by atoms with Crippen molar-refractivity contribution in [3.63, 3.8) is 0 Å². The average molecular weight is 1040 g/mol. The number of hydrogen-bond donors (Lipinski definition) is 3. The molecule has 0 aromatic heterocycles. The van der Waals surface area contributed by atoms with Crippen LogP contribution in [0.3, 0.4) is 0 Å². The lowest BCUT2D eigenvalue weighted by molar-refractivity contribution is -0.123. The van der Waals surface area contributed by atoms with E-state index in [9.17, 15) is 15.0 Å². The SMILES string of the molecule is CC/C=C\C/C=C\C/C=C\C/C=C\C/C=C\C/C=C\C/C=C\C/C=C\C/C=C\C/C=C\C/C=C\CCCCCCCC(=O)NC(CO)C(O)CCCCCCCCCCCCCCCCCCCCCCCCCC. The second-order valence-electron chi connectivity index (χ2n) is 21.1. The summed E-state index contributed by atoms with van der Waals surface area (Å²) in [5.41, 5.74) is 0. The Morgan fingerprint density at radius 3 is 0.880 bits per heavy atom. The molecule has 0 radical (unpaired) electrons. The largest absolute Gasteiger partial charge is 0.394 e. The van der Waals surface area contributed by atoms with E-state index in [4.69, 9.17) is 0 Å². The van der Waals surface area contributed by atoms with E-state index in [1.165, 1.54) is 154 Å². The summed E-state index contributed by atoms with van der Waals surface area (Å²) in [6, 6.07) is -0.558. The fraction of sp³-hybridized carbons (Fsp3) is 0.676. The zero-order valence-electron chi connectivity index (χ0n) is 49.3. The summed E-state index contributed by atoms with van der Waals surface area (Å²) in [7, 11) is 0. The van der Waals surface area contributed by atoms with Gasteiger partial charge < -0.3 is 15.5 Å². The van der Waals surface area contributed by atoms with Gasteiger partial charge in [0.1, 0.15) is 0 Å². The summed E-state index contributed by atoms with van der Waals surface area (Å²) in [6.07, 6.45) is 100. The third-order valence-corrected chi connectivity index (χ3v) is 13.9. The highest BCUT2D eigenvalue weighted by molar-refractivity contribution is 5.76. The van der Waals surface area contributed by atoms with Crippen LogP contribution in [0.5, 0.6) is 0 Å². The molecule has 0 aliphatic carbocycles. The fourth-order valence-electron chi connectivity index (χ4n) is 9.13. The van der Waals surface area contributed by atoms with Crippen LogP contribution in [0.15, 0.2) is 134 Å². The molecule has 0 saturated carbocycles. The highest BCUT2D eigenvalue weighted by Gasteiger charge is 2.20. The molecule has 2 atom stereocenters. The van der Waals surface area contributed by atoms with Gasteiger partial charge in [-0.25, -0.2) is 0 Å². The van der Waals surface area contributed by atoms with E-state index in [-0.39, 0.29) is 12.5 Å². The summed E-state index contributed by atoms with van der Waals surface area (Å²) >= 11 is 0. The number of carbonyl (C=O) groups is 1. The smallest absolute Gasteiger partial charge is 0.220 e. The molecule has 4 heteroatoms. The van der Waals surface area contributed by atoms with Crippen LogP contribution in [-0.2, 0) is 4.79 Å². The number of carbonyl (C=O) groups excluding carboxylic acids is 1. The van der Waals surface area contributed by atoms with Crippen molar-refractivity contribution in [1.29, 1.82) is 0 Å². The van der Waals surface area contributed by atoms with Crippen molar-refractivity contribution in [1.82, 2.24) is 5.32 Å². The van der Waals surface area contributed by atoms with E-state index in [2.05, 4.69) is 153 Å². The number of aliphatic hydroxyl groups excluding tert-OH is 2. The van der Waals surface area contributed by atoms with Gasteiger partial charge in [0.25, 0.3) is 0 Å². The molecular weight excluding hydrogens is 915 g/mol. The van der Waals surface area contributed by atoms with Crippen molar-refractivity contribution < 1.29 is 15.0 Å². The van der Waals surface area contributed by atoms with Crippen LogP contribution in [0.25, 0.3) is 0 Å². The van der Waals surface area contributed by atoms with E-state index in [1.807, 2.05) is 0 Å². The molecule has 0 saturated heterocycles. The standard InChI is InChI=1S/C71H121NO3/c1-3-5-7-9-11-13-15-17-19-21-23-25-27-29-30-31-32-33-34-35-36-37-38-39-40-41-42-43-45-47-49-51-53-55-57-59-61-63-65-67-71(75)72-69(68-73)70(74)66-64-62-60-58-56-54-52-50-48-46-44-28-26-24-22-20-18-16-14-12-10-8-6-4-2/h5,7,11,13,17,19,23,25,29-30,32-33,35-36,38-39,41-42,45,47,51,53,69-70,73-74H,3-4,6,8-10,12,14-16,18,20-22,24,26-28,31,34,37,40,43-44,46,48-50,52,54-68H2,1-2H3,(H,72,75)/b7-5-,13-11-,19-17-,25-23-,30-29-,33-32-,36-35-,39-38-,42-41-,47-45-,53-51-. The third-order valence-electron chi connectivity index (χ3n) is 13.9. The van der Waals surface area contributed by atoms with Crippen LogP contribution >= 0.6 is 0 Å². The minimum absolute atomic E-state index is 0.0525. The Morgan fingerprint density at radius 1 is 0.333 bits per heavy atom. The Labute approximate surface area is 466 Å². The molecule has 4 nitrogen and oxygen atoms in total. The van der Waals surface area contributed by atoms with Crippen LogP contribution < -0.4 is 5.32 Å². The van der Waals surface area contributed by atoms with Gasteiger partial charge in [-0.05, 0) is 96.3 Å². The first-order valence-corrected chi connectivity index (χ1v) is 31.9. The maximum atomic E-state index is 12.5. The minimum Gasteiger partial charge on any atom is -0.394 e. The van der Waals surface area contributed by atoms with Gasteiger partial charge >= 0.3 is 0 Å². The average Bonchev–Trinajstić information content (AvgIpc) is 3.41. The summed E-state index contributed by atoms with van der Waals surface area (Å²) in [5, 5.41) is 23.4. The number of aliphatic hydroxyl groups is 2. The van der Waals surface area contributed by atoms with Gasteiger partial charge in [0.2, 0.25) is 5.91 Å². The Morgan fingerprint density at radius 2 is 0.587 bits per heavy atom. The molecule has 0 fully saturated rings. The van der Waals surface area contributed by atoms with Gasteiger partial charge in [-0.1, -0.05) is 321 Å². The minimum atomic E-state index is -0.679. The van der Waals surface area contributed by atoms with Crippen molar-refractivity contribution in [2.24, 2.45) is 0 Å². The second-order valence-corrected chi connectivity index (χ2v) is 21.1. The van der Waals surface area contributed by atoms with E-state index in [0.29, 0.717) is 12.8 Å².